The van der Waals surface area contributed by atoms with Crippen molar-refractivity contribution in [1.29, 1.82) is 5.26 Å². The number of carbonyl (C=O) groups is 1. The van der Waals surface area contributed by atoms with E-state index in [1.807, 2.05) is 24.5 Å². The summed E-state index contributed by atoms with van der Waals surface area (Å²) < 4.78 is 16.0. The third-order valence-corrected chi connectivity index (χ3v) is 7.39. The fourth-order valence-electron chi connectivity index (χ4n) is 4.99. The van der Waals surface area contributed by atoms with Crippen molar-refractivity contribution < 1.29 is 14.3 Å². The summed E-state index contributed by atoms with van der Waals surface area (Å²) in [5, 5.41) is 29.6. The van der Waals surface area contributed by atoms with Gasteiger partial charge in [-0.1, -0.05) is 0 Å². The molecule has 3 N–H and O–H groups in total. The zero-order chi connectivity index (χ0) is 28.3. The zero-order valence-electron chi connectivity index (χ0n) is 22.4. The lowest BCUT2D eigenvalue weighted by Crippen LogP contribution is -2.42. The maximum Gasteiger partial charge on any atom is 0.255 e. The number of hydrogen-bond acceptors (Lipinski definition) is 8. The predicted octanol–water partition coefficient (Wildman–Crippen LogP) is 4.04. The molecule has 206 valence electrons. The summed E-state index contributed by atoms with van der Waals surface area (Å²) in [5.74, 6) is -0.102. The maximum atomic E-state index is 14.4. The molecule has 0 radical (unpaired) electrons. The highest BCUT2D eigenvalue weighted by Gasteiger charge is 2.28. The summed E-state index contributed by atoms with van der Waals surface area (Å²) in [4.78, 5) is 26.0. The highest BCUT2D eigenvalue weighted by atomic mass is 19.1. The molecule has 1 aliphatic carbocycles. The number of aromatic nitrogens is 5. The van der Waals surface area contributed by atoms with Crippen LogP contribution >= 0.6 is 0 Å². The Balaban J connectivity index is 1.40. The van der Waals surface area contributed by atoms with Crippen LogP contribution in [0.15, 0.2) is 55.4 Å². The molecule has 11 heteroatoms. The van der Waals surface area contributed by atoms with Crippen LogP contribution in [0.2, 0.25) is 0 Å². The van der Waals surface area contributed by atoms with Gasteiger partial charge >= 0.3 is 0 Å². The van der Waals surface area contributed by atoms with E-state index in [9.17, 15) is 19.6 Å². The van der Waals surface area contributed by atoms with Crippen LogP contribution in [-0.2, 0) is 0 Å². The summed E-state index contributed by atoms with van der Waals surface area (Å²) in [6, 6.07) is 9.46. The predicted molar refractivity (Wildman–Crippen MR) is 147 cm³/mol. The standard InChI is InChI=1S/C29H31FN8O2/c1-29(2,40)27(30)16-35-28(39)23-15-34-25(26-8-7-22-9-18(11-31)12-36-38(22)26)10-24(23)37-21-5-3-19(4-6-21)20-13-32-17-33-14-20/h7-10,12-15,17,19,21,27,40H,3-6,16H2,1-2H3,(H,34,37)(H,35,39)/t19-,21-,27-/m1/s1. The number of nitriles is 1. The SMILES string of the molecule is CC(C)(O)[C@H](F)CNC(=O)c1cnc(-c2ccc3cc(C#N)cnn23)cc1N[C@H]1CC[C@H](c2cncnc2)CC1. The lowest BCUT2D eigenvalue weighted by atomic mass is 9.82. The first-order valence-corrected chi connectivity index (χ1v) is 13.3. The molecule has 1 fully saturated rings. The number of fused-ring (bicyclic) bond motifs is 1. The molecule has 5 rings (SSSR count). The smallest absolute Gasteiger partial charge is 0.255 e. The minimum absolute atomic E-state index is 0.119. The highest BCUT2D eigenvalue weighted by Crippen LogP contribution is 2.34. The topological polar surface area (TPSA) is 141 Å². The largest absolute Gasteiger partial charge is 0.387 e. The Morgan fingerprint density at radius 1 is 1.18 bits per heavy atom. The molecule has 0 aliphatic heterocycles. The Morgan fingerprint density at radius 2 is 1.93 bits per heavy atom. The number of pyridine rings is 1. The van der Waals surface area contributed by atoms with E-state index in [-0.39, 0.29) is 18.2 Å². The molecule has 1 aliphatic rings. The molecule has 1 atom stereocenters. The Kier molecular flexibility index (Phi) is 7.71. The molecule has 4 aromatic rings. The number of carbonyl (C=O) groups excluding carboxylic acids is 1. The molecule has 1 saturated carbocycles. The van der Waals surface area contributed by atoms with E-state index < -0.39 is 17.7 Å². The van der Waals surface area contributed by atoms with Crippen LogP contribution in [-0.4, -0.2) is 59.9 Å². The van der Waals surface area contributed by atoms with Gasteiger partial charge in [0.1, 0.15) is 18.6 Å². The number of rotatable bonds is 8. The molecule has 4 aromatic heterocycles. The van der Waals surface area contributed by atoms with Crippen LogP contribution in [0, 0.1) is 11.3 Å². The van der Waals surface area contributed by atoms with Crippen molar-refractivity contribution in [3.63, 3.8) is 0 Å². The normalized spacial score (nSPS) is 18.2. The molecule has 0 spiro atoms. The Hall–Kier alpha value is -4.43. The monoisotopic (exact) mass is 542 g/mol. The van der Waals surface area contributed by atoms with Gasteiger partial charge in [0.05, 0.1) is 52.1 Å². The minimum atomic E-state index is -1.63. The second-order valence-corrected chi connectivity index (χ2v) is 10.7. The van der Waals surface area contributed by atoms with Gasteiger partial charge in [-0.2, -0.15) is 10.4 Å². The molecular weight excluding hydrogens is 511 g/mol. The van der Waals surface area contributed by atoms with E-state index in [1.165, 1.54) is 32.6 Å². The minimum Gasteiger partial charge on any atom is -0.387 e. The first-order chi connectivity index (χ1) is 19.2. The van der Waals surface area contributed by atoms with Crippen molar-refractivity contribution in [1.82, 2.24) is 29.9 Å². The molecule has 0 bridgehead atoms. The van der Waals surface area contributed by atoms with Gasteiger partial charge in [0, 0.05) is 24.6 Å². The first kappa shape index (κ1) is 27.1. The van der Waals surface area contributed by atoms with Gasteiger partial charge < -0.3 is 15.7 Å². The van der Waals surface area contributed by atoms with E-state index in [2.05, 4.69) is 36.8 Å². The maximum absolute atomic E-state index is 14.4. The molecular formula is C29H31FN8O2. The van der Waals surface area contributed by atoms with Gasteiger partial charge in [0.2, 0.25) is 0 Å². The van der Waals surface area contributed by atoms with Crippen LogP contribution in [0.25, 0.3) is 16.9 Å². The van der Waals surface area contributed by atoms with E-state index in [0.717, 1.165) is 36.8 Å². The van der Waals surface area contributed by atoms with Crippen LogP contribution in [0.3, 0.4) is 0 Å². The molecule has 1 amide bonds. The second-order valence-electron chi connectivity index (χ2n) is 10.7. The van der Waals surface area contributed by atoms with Gasteiger partial charge in [-0.25, -0.2) is 18.9 Å². The second kappa shape index (κ2) is 11.4. The molecule has 40 heavy (non-hydrogen) atoms. The van der Waals surface area contributed by atoms with Crippen molar-refractivity contribution in [2.24, 2.45) is 0 Å². The van der Waals surface area contributed by atoms with Gasteiger partial charge in [-0.05, 0) is 75.3 Å². The summed E-state index contributed by atoms with van der Waals surface area (Å²) >= 11 is 0. The van der Waals surface area contributed by atoms with Crippen molar-refractivity contribution in [2.45, 2.75) is 63.3 Å². The van der Waals surface area contributed by atoms with Crippen molar-refractivity contribution in [3.8, 4) is 17.5 Å². The van der Waals surface area contributed by atoms with Crippen LogP contribution < -0.4 is 10.6 Å². The molecule has 0 aromatic carbocycles. The number of anilines is 1. The number of hydrogen-bond donors (Lipinski definition) is 3. The quantitative estimate of drug-likeness (QED) is 0.303. The number of aliphatic hydroxyl groups is 1. The van der Waals surface area contributed by atoms with Gasteiger partial charge in [0.25, 0.3) is 5.91 Å². The average molecular weight is 543 g/mol. The summed E-state index contributed by atoms with van der Waals surface area (Å²) in [6.07, 6.45) is 10.3. The third kappa shape index (κ3) is 5.92. The summed E-state index contributed by atoms with van der Waals surface area (Å²) in [6.45, 7) is 2.39. The van der Waals surface area contributed by atoms with E-state index in [4.69, 9.17) is 0 Å². The summed E-state index contributed by atoms with van der Waals surface area (Å²) in [7, 11) is 0. The van der Waals surface area contributed by atoms with E-state index in [0.29, 0.717) is 28.6 Å². The Labute approximate surface area is 231 Å². The number of nitrogens with zero attached hydrogens (tertiary/aromatic N) is 6. The lowest BCUT2D eigenvalue weighted by Gasteiger charge is -2.30. The molecule has 4 heterocycles. The van der Waals surface area contributed by atoms with Crippen LogP contribution in [0.4, 0.5) is 10.1 Å². The van der Waals surface area contributed by atoms with Crippen LogP contribution in [0.1, 0.15) is 66.9 Å². The first-order valence-electron chi connectivity index (χ1n) is 13.3. The van der Waals surface area contributed by atoms with Gasteiger partial charge in [-0.15, -0.1) is 0 Å². The summed E-state index contributed by atoms with van der Waals surface area (Å²) in [5.41, 5.74) is 2.91. The average Bonchev–Trinajstić information content (AvgIpc) is 3.39. The van der Waals surface area contributed by atoms with Gasteiger partial charge in [-0.3, -0.25) is 9.78 Å². The number of nitrogens with one attached hydrogen (secondary N) is 2. The Bertz CT molecular complexity index is 1540. The number of amides is 1. The van der Waals surface area contributed by atoms with Crippen LogP contribution in [0.5, 0.6) is 0 Å². The number of alkyl halides is 1. The highest BCUT2D eigenvalue weighted by molar-refractivity contribution is 6.00. The fourth-order valence-corrected chi connectivity index (χ4v) is 4.99. The third-order valence-electron chi connectivity index (χ3n) is 7.39. The van der Waals surface area contributed by atoms with E-state index in [1.54, 1.807) is 16.6 Å². The van der Waals surface area contributed by atoms with Crippen molar-refractivity contribution in [2.75, 3.05) is 11.9 Å². The van der Waals surface area contributed by atoms with Crippen molar-refractivity contribution in [3.05, 3.63) is 72.1 Å². The van der Waals surface area contributed by atoms with Crippen molar-refractivity contribution >= 4 is 17.1 Å². The Morgan fingerprint density at radius 3 is 2.62 bits per heavy atom. The lowest BCUT2D eigenvalue weighted by molar-refractivity contribution is -0.00177. The number of halogens is 1. The zero-order valence-corrected chi connectivity index (χ0v) is 22.4. The fraction of sp³-hybridized carbons (Fsp3) is 0.379. The molecule has 10 nitrogen and oxygen atoms in total. The molecule has 0 saturated heterocycles. The molecule has 0 unspecified atom stereocenters. The van der Waals surface area contributed by atoms with E-state index >= 15 is 0 Å². The van der Waals surface area contributed by atoms with Gasteiger partial charge in [0.15, 0.2) is 0 Å².